The van der Waals surface area contributed by atoms with Crippen molar-refractivity contribution in [2.75, 3.05) is 0 Å². The van der Waals surface area contributed by atoms with Gasteiger partial charge in [0.1, 0.15) is 0 Å². The van der Waals surface area contributed by atoms with Crippen LogP contribution in [0.5, 0.6) is 0 Å². The van der Waals surface area contributed by atoms with Crippen molar-refractivity contribution in [1.82, 2.24) is 0 Å². The summed E-state index contributed by atoms with van der Waals surface area (Å²) in [4.78, 5) is 23.7. The van der Waals surface area contributed by atoms with E-state index in [2.05, 4.69) is 41.5 Å². The van der Waals surface area contributed by atoms with E-state index in [4.69, 9.17) is 0 Å². The highest BCUT2D eigenvalue weighted by Gasteiger charge is 2.62. The summed E-state index contributed by atoms with van der Waals surface area (Å²) in [5, 5.41) is 21.2. The van der Waals surface area contributed by atoms with Gasteiger partial charge in [0.05, 0.1) is 12.2 Å². The molecule has 44 heavy (non-hydrogen) atoms. The van der Waals surface area contributed by atoms with Crippen molar-refractivity contribution in [2.24, 2.45) is 69.0 Å². The normalized spacial score (nSPS) is 54.3. The topological polar surface area (TPSA) is 74.6 Å². The van der Waals surface area contributed by atoms with Gasteiger partial charge in [0.15, 0.2) is 11.6 Å². The molecule has 0 bridgehead atoms. The zero-order valence-electron chi connectivity index (χ0n) is 28.5. The molecule has 244 valence electrons. The van der Waals surface area contributed by atoms with Crippen LogP contribution < -0.4 is 0 Å². The first-order valence-electron chi connectivity index (χ1n) is 18.6. The molecule has 0 aliphatic heterocycles. The summed E-state index contributed by atoms with van der Waals surface area (Å²) in [6, 6.07) is 0. The number of aliphatic hydroxyl groups excluding tert-OH is 2. The van der Waals surface area contributed by atoms with E-state index in [1.807, 2.05) is 12.2 Å². The molecule has 2 N–H and O–H groups in total. The van der Waals surface area contributed by atoms with Crippen LogP contribution in [0.4, 0.5) is 0 Å². The molecule has 4 heteroatoms. The Morgan fingerprint density at radius 1 is 0.591 bits per heavy atom. The smallest absolute Gasteiger partial charge is 0.155 e. The number of rotatable bonds is 0. The second kappa shape index (κ2) is 10.6. The van der Waals surface area contributed by atoms with Crippen LogP contribution in [0.1, 0.15) is 131 Å². The Hall–Kier alpha value is -1.26. The van der Waals surface area contributed by atoms with Crippen molar-refractivity contribution in [3.63, 3.8) is 0 Å². The molecule has 4 nitrogen and oxygen atoms in total. The molecule has 0 saturated heterocycles. The lowest BCUT2D eigenvalue weighted by Gasteiger charge is -2.58. The van der Waals surface area contributed by atoms with Gasteiger partial charge >= 0.3 is 0 Å². The molecule has 6 saturated carbocycles. The zero-order valence-corrected chi connectivity index (χ0v) is 28.5. The Morgan fingerprint density at radius 2 is 0.977 bits per heavy atom. The Labute approximate surface area is 266 Å². The molecule has 0 radical (unpaired) electrons. The predicted molar refractivity (Wildman–Crippen MR) is 175 cm³/mol. The lowest BCUT2D eigenvalue weighted by atomic mass is 9.46. The minimum Gasteiger partial charge on any atom is -0.393 e. The van der Waals surface area contributed by atoms with Crippen LogP contribution in [0.15, 0.2) is 23.3 Å². The molecular weight excluding hydrogens is 544 g/mol. The van der Waals surface area contributed by atoms with Crippen LogP contribution in [0.25, 0.3) is 0 Å². The Kier molecular flexibility index (Phi) is 7.57. The maximum Gasteiger partial charge on any atom is 0.155 e. The van der Waals surface area contributed by atoms with Crippen molar-refractivity contribution in [1.29, 1.82) is 0 Å². The summed E-state index contributed by atoms with van der Waals surface area (Å²) < 4.78 is 0. The van der Waals surface area contributed by atoms with Gasteiger partial charge in [-0.05, 0) is 158 Å². The van der Waals surface area contributed by atoms with Crippen LogP contribution in [0.2, 0.25) is 0 Å². The monoisotopic (exact) mass is 604 g/mol. The number of carbonyl (C=O) groups excluding carboxylic acids is 2. The minimum absolute atomic E-state index is 0.105. The molecule has 8 aliphatic rings. The van der Waals surface area contributed by atoms with E-state index >= 15 is 0 Å². The summed E-state index contributed by atoms with van der Waals surface area (Å²) >= 11 is 0. The number of fused-ring (bicyclic) bond motifs is 10. The third-order valence-corrected chi connectivity index (χ3v) is 16.5. The molecule has 14 atom stereocenters. The molecule has 0 spiro atoms. The number of carbonyl (C=O) groups is 2. The van der Waals surface area contributed by atoms with E-state index in [0.29, 0.717) is 35.2 Å². The fourth-order valence-corrected chi connectivity index (χ4v) is 14.1. The van der Waals surface area contributed by atoms with E-state index < -0.39 is 0 Å². The highest BCUT2D eigenvalue weighted by Crippen LogP contribution is 2.68. The predicted octanol–water partition coefficient (Wildman–Crippen LogP) is 8.25. The van der Waals surface area contributed by atoms with E-state index in [9.17, 15) is 19.8 Å². The largest absolute Gasteiger partial charge is 0.393 e. The van der Waals surface area contributed by atoms with E-state index in [-0.39, 0.29) is 33.9 Å². The quantitative estimate of drug-likeness (QED) is 0.292. The van der Waals surface area contributed by atoms with Crippen molar-refractivity contribution >= 4 is 11.6 Å². The first-order chi connectivity index (χ1) is 20.7. The van der Waals surface area contributed by atoms with Gasteiger partial charge in [0.25, 0.3) is 0 Å². The third kappa shape index (κ3) is 4.41. The molecular formula is C40H60O4. The van der Waals surface area contributed by atoms with Gasteiger partial charge < -0.3 is 10.2 Å². The first kappa shape index (κ1) is 31.3. The van der Waals surface area contributed by atoms with Gasteiger partial charge in [0.2, 0.25) is 0 Å². The summed E-state index contributed by atoms with van der Waals surface area (Å²) in [6.45, 7) is 14.3. The van der Waals surface area contributed by atoms with Crippen LogP contribution in [0.3, 0.4) is 0 Å². The lowest BCUT2D eigenvalue weighted by molar-refractivity contribution is -0.119. The van der Waals surface area contributed by atoms with Gasteiger partial charge in [-0.3, -0.25) is 9.59 Å². The SMILES string of the molecule is CC1C[C@H](O)[C@@]2(C)CC[C@H]3[C@@H](CCC4=CC(=O)CC[C@@]43C)[C@H]12.CC1C[C@H](O)[C@@]2(C)CC[C@H]3[C@@H](CCC4=CC(=O)CC[C@@]43C)[C@H]12. The lowest BCUT2D eigenvalue weighted by Crippen LogP contribution is -2.52. The zero-order chi connectivity index (χ0) is 31.4. The van der Waals surface area contributed by atoms with Gasteiger partial charge in [0, 0.05) is 12.8 Å². The van der Waals surface area contributed by atoms with Gasteiger partial charge in [-0.1, -0.05) is 52.7 Å². The van der Waals surface area contributed by atoms with Crippen LogP contribution in [-0.2, 0) is 9.59 Å². The number of ketones is 2. The number of hydrogen-bond acceptors (Lipinski definition) is 4. The fourth-order valence-electron chi connectivity index (χ4n) is 14.1. The van der Waals surface area contributed by atoms with Crippen molar-refractivity contribution < 1.29 is 19.8 Å². The molecule has 8 rings (SSSR count). The Morgan fingerprint density at radius 3 is 1.36 bits per heavy atom. The van der Waals surface area contributed by atoms with Gasteiger partial charge in [-0.2, -0.15) is 0 Å². The Bertz CT molecular complexity index is 1170. The summed E-state index contributed by atoms with van der Waals surface area (Å²) in [6.07, 6.45) is 18.8. The third-order valence-electron chi connectivity index (χ3n) is 16.5. The minimum atomic E-state index is -0.105. The molecule has 0 amide bonds. The standard InChI is InChI=1S/2C20H30O2/c2*1-12-10-17(22)20(3)9-7-16-15(18(12)20)5-4-13-11-14(21)6-8-19(13,16)2/h2*11-12,15-18,22H,4-10H2,1-3H3/t2*12?,15-,16+,17+,18+,19+,20-/m11/s1. The maximum absolute atomic E-state index is 11.8. The highest BCUT2D eigenvalue weighted by molar-refractivity contribution is 5.92. The highest BCUT2D eigenvalue weighted by atomic mass is 16.3. The molecule has 0 aromatic heterocycles. The van der Waals surface area contributed by atoms with E-state index in [1.54, 1.807) is 0 Å². The van der Waals surface area contributed by atoms with Gasteiger partial charge in [-0.25, -0.2) is 0 Å². The Balaban J connectivity index is 0.000000142. The molecule has 0 aromatic carbocycles. The van der Waals surface area contributed by atoms with Crippen LogP contribution in [0, 0.1) is 69.0 Å². The molecule has 0 heterocycles. The maximum atomic E-state index is 11.8. The number of hydrogen-bond donors (Lipinski definition) is 2. The van der Waals surface area contributed by atoms with E-state index in [1.165, 1.54) is 49.7 Å². The molecule has 8 aliphatic carbocycles. The van der Waals surface area contributed by atoms with Gasteiger partial charge in [-0.15, -0.1) is 0 Å². The molecule has 2 unspecified atom stereocenters. The molecule has 6 fully saturated rings. The second-order valence-electron chi connectivity index (χ2n) is 18.3. The number of aliphatic hydroxyl groups is 2. The average Bonchev–Trinajstić information content (AvgIpc) is 3.35. The second-order valence-corrected chi connectivity index (χ2v) is 18.3. The summed E-state index contributed by atoms with van der Waals surface area (Å²) in [5.41, 5.74) is 3.68. The van der Waals surface area contributed by atoms with Crippen molar-refractivity contribution in [2.45, 2.75) is 144 Å². The number of allylic oxidation sites excluding steroid dienone is 2. The van der Waals surface area contributed by atoms with Crippen molar-refractivity contribution in [3.05, 3.63) is 23.3 Å². The van der Waals surface area contributed by atoms with E-state index in [0.717, 1.165) is 75.0 Å². The average molecular weight is 605 g/mol. The summed E-state index contributed by atoms with van der Waals surface area (Å²) in [5.74, 6) is 6.29. The first-order valence-corrected chi connectivity index (χ1v) is 18.6. The fraction of sp³-hybridized carbons (Fsp3) is 0.850. The van der Waals surface area contributed by atoms with Crippen molar-refractivity contribution in [3.8, 4) is 0 Å². The van der Waals surface area contributed by atoms with Crippen LogP contribution >= 0.6 is 0 Å². The van der Waals surface area contributed by atoms with Crippen LogP contribution in [-0.4, -0.2) is 34.0 Å². The molecule has 0 aromatic rings. The summed E-state index contributed by atoms with van der Waals surface area (Å²) in [7, 11) is 0.